The largest absolute Gasteiger partial charge is 0.455 e. The normalized spacial score (nSPS) is 11.6. The van der Waals surface area contributed by atoms with Crippen molar-refractivity contribution in [2.75, 3.05) is 4.90 Å². The Kier molecular flexibility index (Phi) is 5.54. The highest BCUT2D eigenvalue weighted by molar-refractivity contribution is 6.31. The number of nitrogens with zero attached hydrogens (tertiary/aromatic N) is 1. The molecule has 8 aromatic carbocycles. The molecule has 0 aliphatic rings. The van der Waals surface area contributed by atoms with Crippen molar-refractivity contribution in [3.63, 3.8) is 0 Å². The van der Waals surface area contributed by atoms with E-state index in [4.69, 9.17) is 4.42 Å². The molecule has 9 rings (SSSR count). The van der Waals surface area contributed by atoms with Crippen LogP contribution in [0.25, 0.3) is 65.4 Å². The zero-order valence-electron chi connectivity index (χ0n) is 23.9. The standard InChI is InChI=1S/C42H27NO/c1-3-14-29(15-4-1)37-26-31(43(30-18-5-2-6-19-30)39-25-13-17-28-16-7-8-20-32(28)39)27-38-40-35-23-11-9-21-33(35)34-22-10-12-24-36(34)42(40)44-41(37)38/h1-27H. The van der Waals surface area contributed by atoms with E-state index in [0.29, 0.717) is 0 Å². The second kappa shape index (κ2) is 9.86. The molecule has 0 radical (unpaired) electrons. The fourth-order valence-corrected chi connectivity index (χ4v) is 6.86. The molecular formula is C42H27NO. The number of benzene rings is 8. The second-order valence-electron chi connectivity index (χ2n) is 11.3. The maximum atomic E-state index is 6.96. The Morgan fingerprint density at radius 2 is 0.977 bits per heavy atom. The van der Waals surface area contributed by atoms with Crippen LogP contribution >= 0.6 is 0 Å². The van der Waals surface area contributed by atoms with E-state index in [-0.39, 0.29) is 0 Å². The minimum absolute atomic E-state index is 0.905. The maximum absolute atomic E-state index is 6.96. The highest BCUT2D eigenvalue weighted by Crippen LogP contribution is 2.47. The van der Waals surface area contributed by atoms with E-state index in [1.807, 2.05) is 0 Å². The molecule has 0 spiro atoms. The Labute approximate surface area is 255 Å². The minimum atomic E-state index is 0.905. The summed E-state index contributed by atoms with van der Waals surface area (Å²) in [4.78, 5) is 2.39. The average Bonchev–Trinajstić information content (AvgIpc) is 3.49. The van der Waals surface area contributed by atoms with Crippen molar-refractivity contribution in [1.82, 2.24) is 0 Å². The Morgan fingerprint density at radius 1 is 0.386 bits per heavy atom. The van der Waals surface area contributed by atoms with E-state index in [1.54, 1.807) is 0 Å². The number of rotatable bonds is 4. The summed E-state index contributed by atoms with van der Waals surface area (Å²) in [6.45, 7) is 0. The van der Waals surface area contributed by atoms with Crippen LogP contribution in [0.2, 0.25) is 0 Å². The molecule has 1 heterocycles. The first-order valence-electron chi connectivity index (χ1n) is 15.0. The van der Waals surface area contributed by atoms with Crippen LogP contribution in [0.3, 0.4) is 0 Å². The number of furan rings is 1. The molecule has 44 heavy (non-hydrogen) atoms. The van der Waals surface area contributed by atoms with Gasteiger partial charge in [0.1, 0.15) is 11.2 Å². The number of fused-ring (bicyclic) bond motifs is 9. The number of para-hydroxylation sites is 1. The topological polar surface area (TPSA) is 16.4 Å². The van der Waals surface area contributed by atoms with Crippen molar-refractivity contribution in [3.05, 3.63) is 164 Å². The fraction of sp³-hybridized carbons (Fsp3) is 0. The van der Waals surface area contributed by atoms with Gasteiger partial charge in [-0.05, 0) is 57.4 Å². The Bertz CT molecular complexity index is 2490. The lowest BCUT2D eigenvalue weighted by Gasteiger charge is -2.27. The second-order valence-corrected chi connectivity index (χ2v) is 11.3. The SMILES string of the molecule is c1ccc(-c2cc(N(c3ccccc3)c3cccc4ccccc34)cc3c2oc2c4ccccc4c4ccccc4c32)cc1. The van der Waals surface area contributed by atoms with Crippen LogP contribution in [-0.4, -0.2) is 0 Å². The van der Waals surface area contributed by atoms with Gasteiger partial charge in [0, 0.05) is 38.5 Å². The van der Waals surface area contributed by atoms with Gasteiger partial charge in [-0.15, -0.1) is 0 Å². The fourth-order valence-electron chi connectivity index (χ4n) is 6.86. The van der Waals surface area contributed by atoms with Crippen LogP contribution in [-0.2, 0) is 0 Å². The average molecular weight is 562 g/mol. The molecule has 0 bridgehead atoms. The molecule has 2 nitrogen and oxygen atoms in total. The van der Waals surface area contributed by atoms with Gasteiger partial charge in [0.2, 0.25) is 0 Å². The molecule has 0 fully saturated rings. The lowest BCUT2D eigenvalue weighted by atomic mass is 9.95. The van der Waals surface area contributed by atoms with Crippen LogP contribution in [0.4, 0.5) is 17.1 Å². The lowest BCUT2D eigenvalue weighted by Crippen LogP contribution is -2.10. The van der Waals surface area contributed by atoms with E-state index in [0.717, 1.165) is 55.5 Å². The summed E-state index contributed by atoms with van der Waals surface area (Å²) in [6.07, 6.45) is 0. The molecule has 0 unspecified atom stereocenters. The van der Waals surface area contributed by atoms with Crippen LogP contribution in [0.15, 0.2) is 168 Å². The molecule has 0 N–H and O–H groups in total. The molecule has 2 heteroatoms. The predicted octanol–water partition coefficient (Wildman–Crippen LogP) is 12.2. The molecule has 0 aliphatic carbocycles. The molecule has 9 aromatic rings. The van der Waals surface area contributed by atoms with Crippen LogP contribution in [0, 0.1) is 0 Å². The van der Waals surface area contributed by atoms with Gasteiger partial charge in [-0.2, -0.15) is 0 Å². The third-order valence-electron chi connectivity index (χ3n) is 8.80. The zero-order valence-corrected chi connectivity index (χ0v) is 23.9. The van der Waals surface area contributed by atoms with E-state index >= 15 is 0 Å². The van der Waals surface area contributed by atoms with Gasteiger partial charge in [-0.1, -0.05) is 133 Å². The molecule has 0 aliphatic heterocycles. The highest BCUT2D eigenvalue weighted by atomic mass is 16.3. The van der Waals surface area contributed by atoms with Gasteiger partial charge in [-0.25, -0.2) is 0 Å². The molecule has 0 saturated carbocycles. The first-order valence-corrected chi connectivity index (χ1v) is 15.0. The zero-order chi connectivity index (χ0) is 29.0. The molecule has 1 aromatic heterocycles. The Hall–Kier alpha value is -5.86. The number of hydrogen-bond acceptors (Lipinski definition) is 2. The molecule has 0 saturated heterocycles. The maximum Gasteiger partial charge on any atom is 0.143 e. The van der Waals surface area contributed by atoms with Gasteiger partial charge in [0.15, 0.2) is 0 Å². The van der Waals surface area contributed by atoms with Crippen molar-refractivity contribution in [3.8, 4) is 11.1 Å². The predicted molar refractivity (Wildman–Crippen MR) is 186 cm³/mol. The quantitative estimate of drug-likeness (QED) is 0.199. The van der Waals surface area contributed by atoms with E-state index < -0.39 is 0 Å². The van der Waals surface area contributed by atoms with Crippen molar-refractivity contribution >= 4 is 71.3 Å². The highest BCUT2D eigenvalue weighted by Gasteiger charge is 2.22. The third-order valence-corrected chi connectivity index (χ3v) is 8.80. The van der Waals surface area contributed by atoms with Gasteiger partial charge in [0.05, 0.1) is 5.69 Å². The number of anilines is 3. The summed E-state index contributed by atoms with van der Waals surface area (Å²) in [5, 5.41) is 9.45. The summed E-state index contributed by atoms with van der Waals surface area (Å²) in [6, 6.07) is 58.4. The summed E-state index contributed by atoms with van der Waals surface area (Å²) in [5.41, 5.74) is 7.35. The van der Waals surface area contributed by atoms with E-state index in [9.17, 15) is 0 Å². The smallest absolute Gasteiger partial charge is 0.143 e. The van der Waals surface area contributed by atoms with Crippen LogP contribution in [0.1, 0.15) is 0 Å². The van der Waals surface area contributed by atoms with Crippen LogP contribution < -0.4 is 4.90 Å². The first kappa shape index (κ1) is 24.7. The molecule has 0 amide bonds. The van der Waals surface area contributed by atoms with Gasteiger partial charge in [-0.3, -0.25) is 0 Å². The summed E-state index contributed by atoms with van der Waals surface area (Å²) >= 11 is 0. The molecule has 206 valence electrons. The monoisotopic (exact) mass is 561 g/mol. The van der Waals surface area contributed by atoms with Gasteiger partial charge in [0.25, 0.3) is 0 Å². The van der Waals surface area contributed by atoms with E-state index in [1.165, 1.54) is 26.9 Å². The van der Waals surface area contributed by atoms with Crippen molar-refractivity contribution < 1.29 is 4.42 Å². The summed E-state index contributed by atoms with van der Waals surface area (Å²) in [5.74, 6) is 0. The van der Waals surface area contributed by atoms with Gasteiger partial charge < -0.3 is 9.32 Å². The lowest BCUT2D eigenvalue weighted by molar-refractivity contribution is 0.674. The minimum Gasteiger partial charge on any atom is -0.455 e. The summed E-state index contributed by atoms with van der Waals surface area (Å²) in [7, 11) is 0. The first-order chi connectivity index (χ1) is 21.8. The van der Waals surface area contributed by atoms with Crippen molar-refractivity contribution in [1.29, 1.82) is 0 Å². The van der Waals surface area contributed by atoms with Crippen molar-refractivity contribution in [2.24, 2.45) is 0 Å². The number of hydrogen-bond donors (Lipinski definition) is 0. The Morgan fingerprint density at radius 3 is 1.75 bits per heavy atom. The third kappa shape index (κ3) is 3.75. The van der Waals surface area contributed by atoms with Crippen LogP contribution in [0.5, 0.6) is 0 Å². The summed E-state index contributed by atoms with van der Waals surface area (Å²) < 4.78 is 6.96. The van der Waals surface area contributed by atoms with E-state index in [2.05, 4.69) is 169 Å². The molecular weight excluding hydrogens is 534 g/mol. The molecule has 0 atom stereocenters. The van der Waals surface area contributed by atoms with Crippen molar-refractivity contribution in [2.45, 2.75) is 0 Å². The van der Waals surface area contributed by atoms with Gasteiger partial charge >= 0.3 is 0 Å². The Balaban J connectivity index is 1.46.